The van der Waals surface area contributed by atoms with Crippen molar-refractivity contribution in [3.8, 4) is 0 Å². The molecule has 7 nitrogen and oxygen atoms in total. The molecule has 0 bridgehead atoms. The summed E-state index contributed by atoms with van der Waals surface area (Å²) in [6.45, 7) is 10.4. The summed E-state index contributed by atoms with van der Waals surface area (Å²) in [7, 11) is 0. The molecule has 0 radical (unpaired) electrons. The zero-order chi connectivity index (χ0) is 24.5. The van der Waals surface area contributed by atoms with E-state index in [-0.39, 0.29) is 29.5 Å². The van der Waals surface area contributed by atoms with E-state index in [4.69, 9.17) is 0 Å². The van der Waals surface area contributed by atoms with Crippen LogP contribution in [-0.4, -0.2) is 32.3 Å². The van der Waals surface area contributed by atoms with Crippen molar-refractivity contribution < 1.29 is 9.59 Å². The summed E-state index contributed by atoms with van der Waals surface area (Å²) in [6, 6.07) is 16.6. The number of rotatable bonds is 11. The molecule has 8 heteroatoms. The Labute approximate surface area is 205 Å². The zero-order valence-electron chi connectivity index (χ0n) is 19.8. The Kier molecular flexibility index (Phi) is 9.04. The molecule has 0 aliphatic rings. The van der Waals surface area contributed by atoms with Gasteiger partial charge in [0.15, 0.2) is 11.0 Å². The van der Waals surface area contributed by atoms with Gasteiger partial charge in [-0.2, -0.15) is 0 Å². The van der Waals surface area contributed by atoms with Crippen molar-refractivity contribution in [2.75, 3.05) is 11.1 Å². The van der Waals surface area contributed by atoms with Crippen molar-refractivity contribution in [1.29, 1.82) is 0 Å². The lowest BCUT2D eigenvalue weighted by Crippen LogP contribution is -2.33. The highest BCUT2D eigenvalue weighted by Crippen LogP contribution is 2.26. The van der Waals surface area contributed by atoms with Crippen LogP contribution in [0.2, 0.25) is 0 Å². The summed E-state index contributed by atoms with van der Waals surface area (Å²) in [5.74, 6) is 0.606. The molecule has 2 N–H and O–H groups in total. The molecule has 0 aliphatic heterocycles. The first kappa shape index (κ1) is 25.2. The normalized spacial score (nSPS) is 11.8. The highest BCUT2D eigenvalue weighted by Gasteiger charge is 2.26. The second-order valence-electron chi connectivity index (χ2n) is 8.19. The molecule has 0 fully saturated rings. The van der Waals surface area contributed by atoms with E-state index < -0.39 is 0 Å². The molecule has 0 spiro atoms. The number of benzene rings is 2. The quantitative estimate of drug-likeness (QED) is 0.303. The van der Waals surface area contributed by atoms with Gasteiger partial charge in [-0.05, 0) is 42.2 Å². The molecule has 2 aromatic carbocycles. The minimum absolute atomic E-state index is 0.0765. The fourth-order valence-electron chi connectivity index (χ4n) is 3.43. The topological polar surface area (TPSA) is 88.9 Å². The SMILES string of the molecule is C=CCn1c(SCC(=O)Nc2ccc(CC)cc2)nnc1[C@H](NC(=O)c1ccccc1)C(C)C. The van der Waals surface area contributed by atoms with Gasteiger partial charge in [0, 0.05) is 17.8 Å². The summed E-state index contributed by atoms with van der Waals surface area (Å²) in [6.07, 6.45) is 2.71. The Hall–Kier alpha value is -3.39. The van der Waals surface area contributed by atoms with E-state index in [2.05, 4.69) is 34.3 Å². The first-order valence-corrected chi connectivity index (χ1v) is 12.3. The number of hydrogen-bond acceptors (Lipinski definition) is 5. The summed E-state index contributed by atoms with van der Waals surface area (Å²) in [5.41, 5.74) is 2.57. The van der Waals surface area contributed by atoms with Gasteiger partial charge in [0.1, 0.15) is 0 Å². The van der Waals surface area contributed by atoms with Crippen LogP contribution in [-0.2, 0) is 17.8 Å². The third kappa shape index (κ3) is 6.57. The van der Waals surface area contributed by atoms with E-state index in [1.807, 2.05) is 60.9 Å². The average Bonchev–Trinajstić information content (AvgIpc) is 3.24. The minimum Gasteiger partial charge on any atom is -0.342 e. The molecule has 34 heavy (non-hydrogen) atoms. The van der Waals surface area contributed by atoms with Crippen molar-refractivity contribution in [1.82, 2.24) is 20.1 Å². The number of thioether (sulfide) groups is 1. The number of hydrogen-bond donors (Lipinski definition) is 2. The fourth-order valence-corrected chi connectivity index (χ4v) is 4.19. The van der Waals surface area contributed by atoms with Gasteiger partial charge in [-0.1, -0.05) is 68.9 Å². The number of nitrogens with one attached hydrogen (secondary N) is 2. The fraction of sp³-hybridized carbons (Fsp3) is 0.308. The number of amides is 2. The lowest BCUT2D eigenvalue weighted by atomic mass is 10.0. The number of carbonyl (C=O) groups excluding carboxylic acids is 2. The Morgan fingerprint density at radius 1 is 1.09 bits per heavy atom. The lowest BCUT2D eigenvalue weighted by molar-refractivity contribution is -0.113. The lowest BCUT2D eigenvalue weighted by Gasteiger charge is -2.22. The Morgan fingerprint density at radius 3 is 2.41 bits per heavy atom. The molecule has 3 rings (SSSR count). The molecule has 1 atom stereocenters. The van der Waals surface area contributed by atoms with Crippen LogP contribution in [0.25, 0.3) is 0 Å². The number of nitrogens with zero attached hydrogens (tertiary/aromatic N) is 3. The summed E-state index contributed by atoms with van der Waals surface area (Å²) in [5, 5.41) is 15.3. The van der Waals surface area contributed by atoms with Crippen LogP contribution >= 0.6 is 11.8 Å². The maximum atomic E-state index is 12.8. The molecule has 178 valence electrons. The maximum Gasteiger partial charge on any atom is 0.251 e. The number of carbonyl (C=O) groups is 2. The highest BCUT2D eigenvalue weighted by atomic mass is 32.2. The smallest absolute Gasteiger partial charge is 0.251 e. The van der Waals surface area contributed by atoms with Crippen molar-refractivity contribution in [3.63, 3.8) is 0 Å². The number of anilines is 1. The third-order valence-electron chi connectivity index (χ3n) is 5.30. The van der Waals surface area contributed by atoms with Crippen LogP contribution in [0, 0.1) is 5.92 Å². The highest BCUT2D eigenvalue weighted by molar-refractivity contribution is 7.99. The molecule has 0 unspecified atom stereocenters. The molecule has 1 heterocycles. The average molecular weight is 478 g/mol. The van der Waals surface area contributed by atoms with Crippen LogP contribution in [0.4, 0.5) is 5.69 Å². The summed E-state index contributed by atoms with van der Waals surface area (Å²) in [4.78, 5) is 25.3. The largest absolute Gasteiger partial charge is 0.342 e. The van der Waals surface area contributed by atoms with Crippen molar-refractivity contribution in [2.24, 2.45) is 5.92 Å². The molecule has 0 saturated heterocycles. The molecule has 2 amide bonds. The van der Waals surface area contributed by atoms with Gasteiger partial charge >= 0.3 is 0 Å². The van der Waals surface area contributed by atoms with Crippen LogP contribution in [0.5, 0.6) is 0 Å². The Morgan fingerprint density at radius 2 is 1.79 bits per heavy atom. The second-order valence-corrected chi connectivity index (χ2v) is 9.13. The van der Waals surface area contributed by atoms with Crippen molar-refractivity contribution in [2.45, 2.75) is 44.9 Å². The summed E-state index contributed by atoms with van der Waals surface area (Å²) < 4.78 is 1.90. The van der Waals surface area contributed by atoms with Gasteiger partial charge in [-0.3, -0.25) is 9.59 Å². The third-order valence-corrected chi connectivity index (χ3v) is 6.27. The zero-order valence-corrected chi connectivity index (χ0v) is 20.6. The van der Waals surface area contributed by atoms with Gasteiger partial charge in [0.25, 0.3) is 5.91 Å². The number of aryl methyl sites for hydroxylation is 1. The second kappa shape index (κ2) is 12.2. The number of aromatic nitrogens is 3. The molecular weight excluding hydrogens is 446 g/mol. The van der Waals surface area contributed by atoms with E-state index in [0.717, 1.165) is 12.1 Å². The van der Waals surface area contributed by atoms with E-state index in [9.17, 15) is 9.59 Å². The van der Waals surface area contributed by atoms with E-state index in [0.29, 0.717) is 23.1 Å². The van der Waals surface area contributed by atoms with Gasteiger partial charge in [-0.15, -0.1) is 16.8 Å². The van der Waals surface area contributed by atoms with E-state index in [1.165, 1.54) is 17.3 Å². The molecule has 0 aliphatic carbocycles. The minimum atomic E-state index is -0.347. The molecule has 3 aromatic rings. The van der Waals surface area contributed by atoms with Gasteiger partial charge < -0.3 is 15.2 Å². The predicted octanol–water partition coefficient (Wildman–Crippen LogP) is 4.88. The van der Waals surface area contributed by atoms with Gasteiger partial charge in [-0.25, -0.2) is 0 Å². The first-order chi connectivity index (χ1) is 16.4. The van der Waals surface area contributed by atoms with Gasteiger partial charge in [0.2, 0.25) is 5.91 Å². The Balaban J connectivity index is 1.72. The van der Waals surface area contributed by atoms with Crippen LogP contribution < -0.4 is 10.6 Å². The monoisotopic (exact) mass is 477 g/mol. The standard InChI is InChI=1S/C26H31N5O2S/c1-5-16-31-24(23(18(3)4)28-25(33)20-10-8-7-9-11-20)29-30-26(31)34-17-22(32)27-21-14-12-19(6-2)13-15-21/h5,7-15,18,23H,1,6,16-17H2,2-4H3,(H,27,32)(H,28,33)/t23-/m1/s1. The van der Waals surface area contributed by atoms with Crippen LogP contribution in [0.1, 0.15) is 48.6 Å². The number of allylic oxidation sites excluding steroid dienone is 1. The molecule has 1 aromatic heterocycles. The molecule has 0 saturated carbocycles. The van der Waals surface area contributed by atoms with Crippen LogP contribution in [0.3, 0.4) is 0 Å². The predicted molar refractivity (Wildman–Crippen MR) is 137 cm³/mol. The van der Waals surface area contributed by atoms with E-state index in [1.54, 1.807) is 18.2 Å². The van der Waals surface area contributed by atoms with Crippen LogP contribution in [0.15, 0.2) is 72.4 Å². The molecular formula is C26H31N5O2S. The van der Waals surface area contributed by atoms with Gasteiger partial charge in [0.05, 0.1) is 11.8 Å². The Bertz CT molecular complexity index is 1110. The summed E-state index contributed by atoms with van der Waals surface area (Å²) >= 11 is 1.30. The van der Waals surface area contributed by atoms with E-state index >= 15 is 0 Å². The van der Waals surface area contributed by atoms with Crippen molar-refractivity contribution in [3.05, 3.63) is 84.2 Å². The van der Waals surface area contributed by atoms with Crippen molar-refractivity contribution >= 4 is 29.3 Å². The first-order valence-electron chi connectivity index (χ1n) is 11.3. The maximum absolute atomic E-state index is 12.8.